The average Bonchev–Trinajstić information content (AvgIpc) is 2.15. The van der Waals surface area contributed by atoms with E-state index in [2.05, 4.69) is 0 Å². The normalized spacial score (nSPS) is 16.3. The highest BCUT2D eigenvalue weighted by molar-refractivity contribution is 7.92. The van der Waals surface area contributed by atoms with Gasteiger partial charge in [0.05, 0.1) is 4.99 Å². The van der Waals surface area contributed by atoms with Gasteiger partial charge in [0.2, 0.25) is 10.0 Å². The van der Waals surface area contributed by atoms with Gasteiger partial charge in [0.15, 0.2) is 0 Å². The van der Waals surface area contributed by atoms with Crippen LogP contribution in [0.2, 0.25) is 0 Å². The van der Waals surface area contributed by atoms with E-state index in [9.17, 15) is 8.42 Å². The number of thiocarbonyl (C=S) groups is 1. The Morgan fingerprint density at radius 1 is 1.40 bits per heavy atom. The van der Waals surface area contributed by atoms with Gasteiger partial charge in [-0.3, -0.25) is 0 Å². The minimum atomic E-state index is -3.39. The van der Waals surface area contributed by atoms with Crippen molar-refractivity contribution in [3.63, 3.8) is 0 Å². The highest BCUT2D eigenvalue weighted by Crippen LogP contribution is 2.15. The molecule has 0 fully saturated rings. The van der Waals surface area contributed by atoms with Crippen molar-refractivity contribution in [3.8, 4) is 0 Å². The lowest BCUT2D eigenvalue weighted by Crippen LogP contribution is -2.45. The number of nitrogens with two attached hydrogens (primary N) is 1. The van der Waals surface area contributed by atoms with E-state index in [0.29, 0.717) is 6.42 Å². The lowest BCUT2D eigenvalue weighted by Gasteiger charge is -2.27. The summed E-state index contributed by atoms with van der Waals surface area (Å²) in [6, 6.07) is -0.0293. The highest BCUT2D eigenvalue weighted by atomic mass is 32.2. The predicted octanol–water partition coefficient (Wildman–Crippen LogP) is 1.11. The molecule has 0 aliphatic rings. The first-order valence-corrected chi connectivity index (χ1v) is 6.96. The average molecular weight is 252 g/mol. The Labute approximate surface area is 97.9 Å². The third-order valence-electron chi connectivity index (χ3n) is 2.66. The SMILES string of the molecule is CCC(C)N(C)S(=O)(=O)C(CC)C(N)=S. The van der Waals surface area contributed by atoms with Crippen molar-refractivity contribution in [3.05, 3.63) is 0 Å². The highest BCUT2D eigenvalue weighted by Gasteiger charge is 2.32. The standard InChI is InChI=1S/C9H20N2O2S2/c1-5-7(3)11(4)15(12,13)8(6-2)9(10)14/h7-8H,5-6H2,1-4H3,(H2,10,14). The quantitative estimate of drug-likeness (QED) is 0.719. The van der Waals surface area contributed by atoms with E-state index in [1.54, 1.807) is 14.0 Å². The van der Waals surface area contributed by atoms with Crippen LogP contribution in [0, 0.1) is 0 Å². The van der Waals surface area contributed by atoms with E-state index in [4.69, 9.17) is 18.0 Å². The Morgan fingerprint density at radius 2 is 1.87 bits per heavy atom. The number of nitrogens with zero attached hydrogens (tertiary/aromatic N) is 1. The van der Waals surface area contributed by atoms with E-state index < -0.39 is 15.3 Å². The minimum absolute atomic E-state index is 0.0293. The Balaban J connectivity index is 5.03. The maximum absolute atomic E-state index is 12.1. The molecule has 0 heterocycles. The van der Waals surface area contributed by atoms with Crippen LogP contribution in [0.15, 0.2) is 0 Å². The molecule has 0 aromatic rings. The summed E-state index contributed by atoms with van der Waals surface area (Å²) in [5, 5.41) is -0.744. The summed E-state index contributed by atoms with van der Waals surface area (Å²) in [6.45, 7) is 5.58. The summed E-state index contributed by atoms with van der Waals surface area (Å²) in [5.41, 5.74) is 5.44. The van der Waals surface area contributed by atoms with E-state index >= 15 is 0 Å². The first-order valence-electron chi connectivity index (χ1n) is 5.05. The zero-order valence-corrected chi connectivity index (χ0v) is 11.4. The van der Waals surface area contributed by atoms with Gasteiger partial charge in [-0.2, -0.15) is 0 Å². The van der Waals surface area contributed by atoms with E-state index in [0.717, 1.165) is 6.42 Å². The minimum Gasteiger partial charge on any atom is -0.392 e. The molecular weight excluding hydrogens is 232 g/mol. The fourth-order valence-corrected chi connectivity index (χ4v) is 3.57. The van der Waals surface area contributed by atoms with Crippen LogP contribution in [-0.4, -0.2) is 36.1 Å². The summed E-state index contributed by atoms with van der Waals surface area (Å²) < 4.78 is 25.5. The van der Waals surface area contributed by atoms with Gasteiger partial charge in [-0.05, 0) is 19.8 Å². The van der Waals surface area contributed by atoms with Gasteiger partial charge in [0.1, 0.15) is 5.25 Å². The predicted molar refractivity (Wildman–Crippen MR) is 67.3 cm³/mol. The molecule has 0 saturated carbocycles. The molecule has 0 aliphatic carbocycles. The zero-order valence-electron chi connectivity index (χ0n) is 9.73. The molecule has 2 unspecified atom stereocenters. The van der Waals surface area contributed by atoms with Crippen molar-refractivity contribution in [1.29, 1.82) is 0 Å². The second kappa shape index (κ2) is 5.77. The van der Waals surface area contributed by atoms with Gasteiger partial charge in [-0.15, -0.1) is 0 Å². The van der Waals surface area contributed by atoms with Crippen LogP contribution in [0.4, 0.5) is 0 Å². The number of hydrogen-bond acceptors (Lipinski definition) is 3. The molecule has 15 heavy (non-hydrogen) atoms. The summed E-state index contributed by atoms with van der Waals surface area (Å²) >= 11 is 4.78. The third kappa shape index (κ3) is 3.39. The molecule has 0 aromatic heterocycles. The van der Waals surface area contributed by atoms with Gasteiger partial charge < -0.3 is 5.73 Å². The van der Waals surface area contributed by atoms with Crippen LogP contribution < -0.4 is 5.73 Å². The van der Waals surface area contributed by atoms with Gasteiger partial charge in [0, 0.05) is 13.1 Å². The van der Waals surface area contributed by atoms with Crippen LogP contribution >= 0.6 is 12.2 Å². The molecule has 0 rings (SSSR count). The summed E-state index contributed by atoms with van der Waals surface area (Å²) in [7, 11) is -1.82. The van der Waals surface area contributed by atoms with Crippen LogP contribution in [-0.2, 0) is 10.0 Å². The van der Waals surface area contributed by atoms with Crippen LogP contribution in [0.1, 0.15) is 33.6 Å². The molecule has 0 bridgehead atoms. The molecule has 0 aliphatic heterocycles. The lowest BCUT2D eigenvalue weighted by atomic mass is 10.3. The van der Waals surface area contributed by atoms with Crippen molar-refractivity contribution in [2.45, 2.75) is 44.9 Å². The summed E-state index contributed by atoms with van der Waals surface area (Å²) in [4.78, 5) is 0.0488. The molecular formula is C9H20N2O2S2. The van der Waals surface area contributed by atoms with Gasteiger partial charge in [0.25, 0.3) is 0 Å². The molecule has 4 nitrogen and oxygen atoms in total. The van der Waals surface area contributed by atoms with Crippen LogP contribution in [0.3, 0.4) is 0 Å². The fourth-order valence-electron chi connectivity index (χ4n) is 1.27. The monoisotopic (exact) mass is 252 g/mol. The van der Waals surface area contributed by atoms with Crippen molar-refractivity contribution >= 4 is 27.2 Å². The largest absolute Gasteiger partial charge is 0.392 e. The third-order valence-corrected chi connectivity index (χ3v) is 5.56. The second-order valence-corrected chi connectivity index (χ2v) is 6.26. The van der Waals surface area contributed by atoms with Crippen LogP contribution in [0.25, 0.3) is 0 Å². The van der Waals surface area contributed by atoms with Gasteiger partial charge in [-0.1, -0.05) is 26.1 Å². The lowest BCUT2D eigenvalue weighted by molar-refractivity contribution is 0.378. The molecule has 2 atom stereocenters. The molecule has 0 spiro atoms. The Hall–Kier alpha value is -0.200. The first kappa shape index (κ1) is 14.8. The second-order valence-electron chi connectivity index (χ2n) is 3.62. The number of sulfonamides is 1. The summed E-state index contributed by atoms with van der Waals surface area (Å²) in [6.07, 6.45) is 1.18. The smallest absolute Gasteiger partial charge is 0.223 e. The number of hydrogen-bond donors (Lipinski definition) is 1. The molecule has 90 valence electrons. The Morgan fingerprint density at radius 3 is 2.13 bits per heavy atom. The fraction of sp³-hybridized carbons (Fsp3) is 0.889. The zero-order chi connectivity index (χ0) is 12.2. The molecule has 0 saturated heterocycles. The van der Waals surface area contributed by atoms with Crippen molar-refractivity contribution in [1.82, 2.24) is 4.31 Å². The van der Waals surface area contributed by atoms with Crippen LogP contribution in [0.5, 0.6) is 0 Å². The molecule has 6 heteroatoms. The molecule has 0 radical (unpaired) electrons. The Kier molecular flexibility index (Phi) is 5.69. The van der Waals surface area contributed by atoms with E-state index in [1.165, 1.54) is 4.31 Å². The maximum Gasteiger partial charge on any atom is 0.223 e. The molecule has 0 amide bonds. The van der Waals surface area contributed by atoms with Gasteiger partial charge in [-0.25, -0.2) is 12.7 Å². The van der Waals surface area contributed by atoms with Crippen molar-refractivity contribution in [2.24, 2.45) is 5.73 Å². The molecule has 2 N–H and O–H groups in total. The Bertz CT molecular complexity index is 314. The topological polar surface area (TPSA) is 63.4 Å². The van der Waals surface area contributed by atoms with E-state index in [1.807, 2.05) is 13.8 Å². The van der Waals surface area contributed by atoms with E-state index in [-0.39, 0.29) is 11.0 Å². The van der Waals surface area contributed by atoms with Crippen molar-refractivity contribution < 1.29 is 8.42 Å². The number of rotatable bonds is 6. The summed E-state index contributed by atoms with van der Waals surface area (Å²) in [5.74, 6) is 0. The maximum atomic E-state index is 12.1. The van der Waals surface area contributed by atoms with Gasteiger partial charge >= 0.3 is 0 Å². The van der Waals surface area contributed by atoms with Crippen molar-refractivity contribution in [2.75, 3.05) is 7.05 Å². The first-order chi connectivity index (χ1) is 6.78. The molecule has 0 aromatic carbocycles.